The molecule has 0 aliphatic carbocycles. The number of aromatic nitrogens is 2. The summed E-state index contributed by atoms with van der Waals surface area (Å²) in [6, 6.07) is 20.1. The lowest BCUT2D eigenvalue weighted by Gasteiger charge is -2.29. The number of rotatable bonds is 4. The summed E-state index contributed by atoms with van der Waals surface area (Å²) in [4.78, 5) is 7.61. The summed E-state index contributed by atoms with van der Waals surface area (Å²) in [5.74, 6) is 0.819. The Kier molecular flexibility index (Phi) is 5.46. The minimum atomic E-state index is -3.22. The average Bonchev–Trinajstić information content (AvgIpc) is 3.16. The first-order valence-corrected chi connectivity index (χ1v) is 13.0. The zero-order valence-corrected chi connectivity index (χ0v) is 20.0. The summed E-state index contributed by atoms with van der Waals surface area (Å²) in [6.45, 7) is 6.21. The summed E-state index contributed by atoms with van der Waals surface area (Å²) in [5.41, 5.74) is 7.62. The van der Waals surface area contributed by atoms with Gasteiger partial charge in [0, 0.05) is 50.7 Å². The van der Waals surface area contributed by atoms with Crippen molar-refractivity contribution in [1.82, 2.24) is 14.9 Å². The molecule has 2 heterocycles. The third-order valence-electron chi connectivity index (χ3n) is 6.40. The van der Waals surface area contributed by atoms with Crippen molar-refractivity contribution in [2.24, 2.45) is 7.05 Å². The second-order valence-electron chi connectivity index (χ2n) is 8.74. The van der Waals surface area contributed by atoms with Gasteiger partial charge < -0.3 is 14.8 Å². The van der Waals surface area contributed by atoms with Gasteiger partial charge in [0.05, 0.1) is 15.9 Å². The monoisotopic (exact) mass is 460 g/mol. The largest absolute Gasteiger partial charge is 0.369 e. The normalized spacial score (nSPS) is 14.7. The first kappa shape index (κ1) is 21.7. The molecular formula is C26H28N4O2S. The van der Waals surface area contributed by atoms with Gasteiger partial charge in [0.15, 0.2) is 9.84 Å². The van der Waals surface area contributed by atoms with Crippen LogP contribution in [-0.4, -0.2) is 50.4 Å². The van der Waals surface area contributed by atoms with Crippen molar-refractivity contribution in [3.63, 3.8) is 0 Å². The molecule has 0 unspecified atom stereocenters. The number of benzene rings is 3. The second kappa shape index (κ2) is 8.32. The van der Waals surface area contributed by atoms with E-state index in [1.807, 2.05) is 19.2 Å². The van der Waals surface area contributed by atoms with Crippen molar-refractivity contribution in [1.29, 1.82) is 0 Å². The fourth-order valence-electron chi connectivity index (χ4n) is 4.52. The van der Waals surface area contributed by atoms with E-state index in [4.69, 9.17) is 4.98 Å². The third kappa shape index (κ3) is 4.14. The first-order valence-electron chi connectivity index (χ1n) is 11.1. The zero-order valence-electron chi connectivity index (χ0n) is 19.2. The molecule has 6 nitrogen and oxygen atoms in total. The van der Waals surface area contributed by atoms with Gasteiger partial charge in [-0.3, -0.25) is 0 Å². The molecule has 170 valence electrons. The number of nitrogens with zero attached hydrogens (tertiary/aromatic N) is 3. The van der Waals surface area contributed by atoms with Gasteiger partial charge in [-0.15, -0.1) is 0 Å². The lowest BCUT2D eigenvalue weighted by Crippen LogP contribution is -2.43. The average molecular weight is 461 g/mol. The molecular weight excluding hydrogens is 432 g/mol. The molecule has 33 heavy (non-hydrogen) atoms. The summed E-state index contributed by atoms with van der Waals surface area (Å²) < 4.78 is 25.7. The van der Waals surface area contributed by atoms with Crippen LogP contribution in [0.1, 0.15) is 5.56 Å². The predicted octanol–water partition coefficient (Wildman–Crippen LogP) is 4.03. The molecule has 5 rings (SSSR count). The van der Waals surface area contributed by atoms with Gasteiger partial charge >= 0.3 is 0 Å². The van der Waals surface area contributed by atoms with Gasteiger partial charge in [0.1, 0.15) is 5.82 Å². The van der Waals surface area contributed by atoms with E-state index in [-0.39, 0.29) is 0 Å². The number of imidazole rings is 1. The van der Waals surface area contributed by atoms with Gasteiger partial charge in [-0.2, -0.15) is 0 Å². The van der Waals surface area contributed by atoms with Crippen LogP contribution in [0.25, 0.3) is 33.5 Å². The van der Waals surface area contributed by atoms with Crippen molar-refractivity contribution < 1.29 is 8.42 Å². The molecule has 1 aliphatic heterocycles. The third-order valence-corrected chi connectivity index (χ3v) is 7.53. The lowest BCUT2D eigenvalue weighted by molar-refractivity contribution is 0.589. The van der Waals surface area contributed by atoms with E-state index in [1.165, 1.54) is 17.5 Å². The molecule has 1 aromatic heterocycles. The SMILES string of the molecule is Cc1cc(-c2ccc(N3CCNCC3)cc2)cc2c1nc(-c1ccc(S(C)(=O)=O)cc1)n2C. The molecule has 1 aliphatic rings. The maximum Gasteiger partial charge on any atom is 0.175 e. The van der Waals surface area contributed by atoms with E-state index in [0.29, 0.717) is 4.90 Å². The van der Waals surface area contributed by atoms with E-state index in [1.54, 1.807) is 12.1 Å². The van der Waals surface area contributed by atoms with Crippen LogP contribution in [0.2, 0.25) is 0 Å². The van der Waals surface area contributed by atoms with E-state index < -0.39 is 9.84 Å². The number of hydrogen-bond acceptors (Lipinski definition) is 5. The molecule has 3 aromatic carbocycles. The summed E-state index contributed by atoms with van der Waals surface area (Å²) in [6.07, 6.45) is 1.22. The Morgan fingerprint density at radius 1 is 0.879 bits per heavy atom. The Hall–Kier alpha value is -3.16. The van der Waals surface area contributed by atoms with Crippen LogP contribution in [0.15, 0.2) is 65.6 Å². The Morgan fingerprint density at radius 2 is 1.52 bits per heavy atom. The van der Waals surface area contributed by atoms with Crippen molar-refractivity contribution in [3.05, 3.63) is 66.2 Å². The predicted molar refractivity (Wildman–Crippen MR) is 135 cm³/mol. The van der Waals surface area contributed by atoms with Crippen molar-refractivity contribution in [2.45, 2.75) is 11.8 Å². The van der Waals surface area contributed by atoms with Crippen molar-refractivity contribution >= 4 is 26.6 Å². The smallest absolute Gasteiger partial charge is 0.175 e. The van der Waals surface area contributed by atoms with Crippen LogP contribution >= 0.6 is 0 Å². The van der Waals surface area contributed by atoms with E-state index in [2.05, 4.69) is 58.1 Å². The lowest BCUT2D eigenvalue weighted by atomic mass is 10.0. The van der Waals surface area contributed by atoms with Crippen molar-refractivity contribution in [3.8, 4) is 22.5 Å². The molecule has 0 saturated carbocycles. The molecule has 0 spiro atoms. The fourth-order valence-corrected chi connectivity index (χ4v) is 5.15. The molecule has 1 N–H and O–H groups in total. The van der Waals surface area contributed by atoms with Crippen molar-refractivity contribution in [2.75, 3.05) is 37.3 Å². The number of anilines is 1. The molecule has 4 aromatic rings. The van der Waals surface area contributed by atoms with Gasteiger partial charge in [0.2, 0.25) is 0 Å². The molecule has 0 amide bonds. The maximum atomic E-state index is 11.8. The highest BCUT2D eigenvalue weighted by Crippen LogP contribution is 2.32. The highest BCUT2D eigenvalue weighted by atomic mass is 32.2. The minimum Gasteiger partial charge on any atom is -0.369 e. The van der Waals surface area contributed by atoms with Crippen LogP contribution in [-0.2, 0) is 16.9 Å². The zero-order chi connectivity index (χ0) is 23.2. The molecule has 1 saturated heterocycles. The summed E-state index contributed by atoms with van der Waals surface area (Å²) >= 11 is 0. The number of sulfone groups is 1. The highest BCUT2D eigenvalue weighted by Gasteiger charge is 2.15. The van der Waals surface area contributed by atoms with Crippen LogP contribution < -0.4 is 10.2 Å². The van der Waals surface area contributed by atoms with E-state index in [9.17, 15) is 8.42 Å². The molecule has 0 bridgehead atoms. The van der Waals surface area contributed by atoms with Gasteiger partial charge in [-0.05, 0) is 72.1 Å². The van der Waals surface area contributed by atoms with Crippen LogP contribution in [0.3, 0.4) is 0 Å². The topological polar surface area (TPSA) is 67.2 Å². The number of piperazine rings is 1. The molecule has 7 heteroatoms. The Bertz CT molecular complexity index is 1420. The Labute approximate surface area is 194 Å². The van der Waals surface area contributed by atoms with E-state index in [0.717, 1.165) is 59.7 Å². The quantitative estimate of drug-likeness (QED) is 0.498. The number of nitrogens with one attached hydrogen (secondary N) is 1. The fraction of sp³-hybridized carbons (Fsp3) is 0.269. The number of fused-ring (bicyclic) bond motifs is 1. The Morgan fingerprint density at radius 3 is 2.15 bits per heavy atom. The second-order valence-corrected chi connectivity index (χ2v) is 10.8. The Balaban J connectivity index is 1.51. The highest BCUT2D eigenvalue weighted by molar-refractivity contribution is 7.90. The number of aryl methyl sites for hydroxylation is 2. The first-order chi connectivity index (χ1) is 15.8. The van der Waals surface area contributed by atoms with Gasteiger partial charge in [0.25, 0.3) is 0 Å². The standard InChI is InChI=1S/C26H28N4O2S/c1-18-16-21(19-4-8-22(9-5-19)30-14-12-27-13-15-30)17-24-25(18)28-26(29(24)2)20-6-10-23(11-7-20)33(3,31)32/h4-11,16-17,27H,12-15H2,1-3H3. The minimum absolute atomic E-state index is 0.313. The summed E-state index contributed by atoms with van der Waals surface area (Å²) in [7, 11) is -1.22. The molecule has 0 radical (unpaired) electrons. The van der Waals surface area contributed by atoms with E-state index >= 15 is 0 Å². The molecule has 0 atom stereocenters. The van der Waals surface area contributed by atoms with Gasteiger partial charge in [-0.25, -0.2) is 13.4 Å². The van der Waals surface area contributed by atoms with Gasteiger partial charge in [-0.1, -0.05) is 12.1 Å². The van der Waals surface area contributed by atoms with Crippen LogP contribution in [0.5, 0.6) is 0 Å². The van der Waals surface area contributed by atoms with Crippen LogP contribution in [0.4, 0.5) is 5.69 Å². The maximum absolute atomic E-state index is 11.8. The summed E-state index contributed by atoms with van der Waals surface area (Å²) in [5, 5.41) is 3.40. The number of hydrogen-bond donors (Lipinski definition) is 1. The van der Waals surface area contributed by atoms with Crippen LogP contribution in [0, 0.1) is 6.92 Å². The molecule has 1 fully saturated rings.